The van der Waals surface area contributed by atoms with Crippen LogP contribution in [0.1, 0.15) is 18.9 Å². The average Bonchev–Trinajstić information content (AvgIpc) is 2.87. The summed E-state index contributed by atoms with van der Waals surface area (Å²) in [7, 11) is -1.95. The van der Waals surface area contributed by atoms with Crippen molar-refractivity contribution in [1.82, 2.24) is 4.31 Å². The van der Waals surface area contributed by atoms with Gasteiger partial charge in [0.15, 0.2) is 5.96 Å². The van der Waals surface area contributed by atoms with E-state index in [1.807, 2.05) is 18.2 Å². The molecule has 1 saturated heterocycles. The van der Waals surface area contributed by atoms with Crippen LogP contribution in [0.25, 0.3) is 11.1 Å². The zero-order valence-electron chi connectivity index (χ0n) is 20.7. The summed E-state index contributed by atoms with van der Waals surface area (Å²) in [4.78, 5) is 16.0. The van der Waals surface area contributed by atoms with Gasteiger partial charge < -0.3 is 25.7 Å². The van der Waals surface area contributed by atoms with E-state index >= 15 is 0 Å². The third kappa shape index (κ3) is 7.26. The van der Waals surface area contributed by atoms with Gasteiger partial charge in [0.05, 0.1) is 24.7 Å². The van der Waals surface area contributed by atoms with Gasteiger partial charge in [0.25, 0.3) is 5.91 Å². The zero-order chi connectivity index (χ0) is 26.1. The number of nitrogens with zero attached hydrogens (tertiary/aromatic N) is 2. The summed E-state index contributed by atoms with van der Waals surface area (Å²) < 4.78 is 43.8. The highest BCUT2D eigenvalue weighted by molar-refractivity contribution is 7.89. The molecule has 1 amide bonds. The molecule has 2 aromatic rings. The highest BCUT2D eigenvalue weighted by Crippen LogP contribution is 2.33. The predicted octanol–water partition coefficient (Wildman–Crippen LogP) is 1.77. The second-order valence-electron chi connectivity index (χ2n) is 8.55. The Morgan fingerprint density at radius 2 is 1.81 bits per heavy atom. The third-order valence-corrected chi connectivity index (χ3v) is 7.69. The lowest BCUT2D eigenvalue weighted by Gasteiger charge is -2.26. The van der Waals surface area contributed by atoms with E-state index in [1.54, 1.807) is 38.3 Å². The van der Waals surface area contributed by atoms with Gasteiger partial charge in [-0.3, -0.25) is 4.79 Å². The fourth-order valence-electron chi connectivity index (χ4n) is 3.86. The maximum atomic E-state index is 13.0. The van der Waals surface area contributed by atoms with Gasteiger partial charge in [-0.05, 0) is 35.7 Å². The molecule has 196 valence electrons. The Bertz CT molecular complexity index is 1160. The topological polar surface area (TPSA) is 147 Å². The molecule has 36 heavy (non-hydrogen) atoms. The molecular formula is C25H34N4O6S. The number of methoxy groups -OCH3 is 1. The van der Waals surface area contributed by atoms with Crippen molar-refractivity contribution in [1.29, 1.82) is 0 Å². The number of ether oxygens (including phenoxy) is 3. The number of amides is 1. The summed E-state index contributed by atoms with van der Waals surface area (Å²) in [5, 5.41) is 0. The number of benzene rings is 2. The highest BCUT2D eigenvalue weighted by atomic mass is 32.2. The first-order valence-corrected chi connectivity index (χ1v) is 13.2. The molecule has 1 atom stereocenters. The minimum absolute atomic E-state index is 0.236. The molecule has 0 aliphatic carbocycles. The summed E-state index contributed by atoms with van der Waals surface area (Å²) in [5.74, 6) is -0.431. The Balaban J connectivity index is 1.85. The van der Waals surface area contributed by atoms with Gasteiger partial charge in [-0.25, -0.2) is 8.42 Å². The van der Waals surface area contributed by atoms with Crippen molar-refractivity contribution in [2.24, 2.45) is 22.4 Å². The molecule has 1 fully saturated rings. The summed E-state index contributed by atoms with van der Waals surface area (Å²) in [5.41, 5.74) is 13.2. The molecule has 11 heteroatoms. The van der Waals surface area contributed by atoms with E-state index in [0.29, 0.717) is 58.1 Å². The quantitative estimate of drug-likeness (QED) is 0.260. The van der Waals surface area contributed by atoms with Crippen LogP contribution in [0.3, 0.4) is 0 Å². The molecule has 1 aliphatic heterocycles. The van der Waals surface area contributed by atoms with E-state index in [2.05, 4.69) is 4.99 Å². The van der Waals surface area contributed by atoms with E-state index in [-0.39, 0.29) is 10.9 Å². The number of carbonyl (C=O) groups excluding carboxylic acids is 1. The van der Waals surface area contributed by atoms with Gasteiger partial charge in [-0.15, -0.1) is 0 Å². The monoisotopic (exact) mass is 518 g/mol. The number of carbonyl (C=O) groups is 1. The van der Waals surface area contributed by atoms with Gasteiger partial charge >= 0.3 is 0 Å². The number of hydrogen-bond donors (Lipinski definition) is 2. The molecule has 10 nitrogen and oxygen atoms in total. The van der Waals surface area contributed by atoms with Crippen LogP contribution in [0.2, 0.25) is 0 Å². The molecule has 0 aromatic heterocycles. The lowest BCUT2D eigenvalue weighted by molar-refractivity contribution is -0.121. The van der Waals surface area contributed by atoms with Crippen molar-refractivity contribution < 1.29 is 27.4 Å². The second-order valence-corrected chi connectivity index (χ2v) is 10.5. The van der Waals surface area contributed by atoms with Crippen LogP contribution in [0.4, 0.5) is 0 Å². The molecule has 0 spiro atoms. The molecule has 1 unspecified atom stereocenters. The SMILES string of the molecule is COCCCOc1cc(CC(C)C(=O)N=C(N)N)ccc1-c1ccc(S(=O)(=O)N2CCOCC2)cc1. The van der Waals surface area contributed by atoms with Crippen LogP contribution >= 0.6 is 0 Å². The van der Waals surface area contributed by atoms with Crippen LogP contribution in [0, 0.1) is 5.92 Å². The van der Waals surface area contributed by atoms with Crippen molar-refractivity contribution in [3.05, 3.63) is 48.0 Å². The first kappa shape index (κ1) is 27.6. The fraction of sp³-hybridized carbons (Fsp3) is 0.440. The van der Waals surface area contributed by atoms with Gasteiger partial charge in [0.2, 0.25) is 10.0 Å². The second kappa shape index (κ2) is 12.8. The Kier molecular flexibility index (Phi) is 9.82. The predicted molar refractivity (Wildman–Crippen MR) is 137 cm³/mol. The van der Waals surface area contributed by atoms with Crippen LogP contribution in [0.5, 0.6) is 5.75 Å². The first-order chi connectivity index (χ1) is 17.2. The van der Waals surface area contributed by atoms with Crippen molar-refractivity contribution in [2.75, 3.05) is 46.6 Å². The Labute approximate surface area is 212 Å². The van der Waals surface area contributed by atoms with Gasteiger partial charge in [-0.2, -0.15) is 9.30 Å². The van der Waals surface area contributed by atoms with E-state index in [4.69, 9.17) is 25.7 Å². The number of morpholine rings is 1. The van der Waals surface area contributed by atoms with E-state index in [0.717, 1.165) is 16.7 Å². The normalized spacial score (nSPS) is 15.3. The highest BCUT2D eigenvalue weighted by Gasteiger charge is 2.26. The number of aliphatic imine (C=N–C) groups is 1. The van der Waals surface area contributed by atoms with E-state index in [9.17, 15) is 13.2 Å². The number of rotatable bonds is 11. The molecule has 2 aromatic carbocycles. The molecule has 3 rings (SSSR count). The minimum atomic E-state index is -3.58. The number of sulfonamides is 1. The van der Waals surface area contributed by atoms with Crippen LogP contribution in [-0.4, -0.2) is 71.2 Å². The summed E-state index contributed by atoms with van der Waals surface area (Å²) in [6.45, 7) is 4.23. The molecule has 1 aliphatic rings. The fourth-order valence-corrected chi connectivity index (χ4v) is 5.27. The Hall–Kier alpha value is -2.99. The van der Waals surface area contributed by atoms with E-state index in [1.165, 1.54) is 4.31 Å². The molecule has 0 saturated carbocycles. The average molecular weight is 519 g/mol. The first-order valence-electron chi connectivity index (χ1n) is 11.8. The van der Waals surface area contributed by atoms with Crippen molar-refractivity contribution in [3.63, 3.8) is 0 Å². The molecule has 4 N–H and O–H groups in total. The van der Waals surface area contributed by atoms with Crippen LogP contribution < -0.4 is 16.2 Å². The zero-order valence-corrected chi connectivity index (χ0v) is 21.5. The van der Waals surface area contributed by atoms with Gasteiger partial charge in [0, 0.05) is 44.7 Å². The third-order valence-electron chi connectivity index (χ3n) is 5.77. The Morgan fingerprint density at radius 1 is 1.11 bits per heavy atom. The standard InChI is InChI=1S/C25H34N4O6S/c1-18(24(30)28-25(26)27)16-19-4-9-22(23(17-19)35-13-3-12-33-2)20-5-7-21(8-6-20)36(31,32)29-10-14-34-15-11-29/h4-9,17-18H,3,10-16H2,1-2H3,(H4,26,27,28,30). The summed E-state index contributed by atoms with van der Waals surface area (Å²) >= 11 is 0. The van der Waals surface area contributed by atoms with Crippen LogP contribution in [-0.2, 0) is 30.7 Å². The van der Waals surface area contributed by atoms with E-state index < -0.39 is 21.8 Å². The lowest BCUT2D eigenvalue weighted by atomic mass is 9.97. The number of nitrogens with two attached hydrogens (primary N) is 2. The maximum absolute atomic E-state index is 13.0. The minimum Gasteiger partial charge on any atom is -0.493 e. The van der Waals surface area contributed by atoms with Gasteiger partial charge in [0.1, 0.15) is 5.75 Å². The largest absolute Gasteiger partial charge is 0.493 e. The number of hydrogen-bond acceptors (Lipinski definition) is 6. The molecule has 0 bridgehead atoms. The molecule has 1 heterocycles. The van der Waals surface area contributed by atoms with Crippen molar-refractivity contribution in [3.8, 4) is 16.9 Å². The smallest absolute Gasteiger partial charge is 0.252 e. The number of guanidine groups is 1. The van der Waals surface area contributed by atoms with Crippen LogP contribution in [0.15, 0.2) is 52.4 Å². The Morgan fingerprint density at radius 3 is 2.44 bits per heavy atom. The summed E-state index contributed by atoms with van der Waals surface area (Å²) in [6, 6.07) is 12.5. The molecule has 0 radical (unpaired) electrons. The molecular weight excluding hydrogens is 484 g/mol. The lowest BCUT2D eigenvalue weighted by Crippen LogP contribution is -2.40. The maximum Gasteiger partial charge on any atom is 0.252 e. The van der Waals surface area contributed by atoms with Gasteiger partial charge in [-0.1, -0.05) is 31.2 Å². The van der Waals surface area contributed by atoms with Crippen molar-refractivity contribution in [2.45, 2.75) is 24.7 Å². The van der Waals surface area contributed by atoms with Crippen molar-refractivity contribution >= 4 is 21.9 Å². The summed E-state index contributed by atoms with van der Waals surface area (Å²) in [6.07, 6.45) is 1.14.